The van der Waals surface area contributed by atoms with Crippen molar-refractivity contribution in [1.29, 1.82) is 0 Å². The standard InChI is InChI=1S/C13H21NO2/c1-11(15)6-4-5-9-14(3)10-13-8-7-12(2)16-13/h7-8H,4-6,9-10H2,1-3H3. The number of hydrogen-bond acceptors (Lipinski definition) is 3. The van der Waals surface area contributed by atoms with E-state index in [1.165, 1.54) is 0 Å². The Morgan fingerprint density at radius 2 is 2.12 bits per heavy atom. The molecule has 0 N–H and O–H groups in total. The maximum absolute atomic E-state index is 10.8. The number of carbonyl (C=O) groups excluding carboxylic acids is 1. The van der Waals surface area contributed by atoms with E-state index in [2.05, 4.69) is 11.9 Å². The summed E-state index contributed by atoms with van der Waals surface area (Å²) >= 11 is 0. The van der Waals surface area contributed by atoms with Crippen molar-refractivity contribution in [3.8, 4) is 0 Å². The Morgan fingerprint density at radius 1 is 1.38 bits per heavy atom. The van der Waals surface area contributed by atoms with Gasteiger partial charge < -0.3 is 9.21 Å². The fourth-order valence-corrected chi connectivity index (χ4v) is 1.67. The van der Waals surface area contributed by atoms with Crippen LogP contribution in [0.15, 0.2) is 16.5 Å². The summed E-state index contributed by atoms with van der Waals surface area (Å²) in [5.41, 5.74) is 0. The van der Waals surface area contributed by atoms with Gasteiger partial charge in [-0.05, 0) is 52.4 Å². The molecule has 0 unspecified atom stereocenters. The van der Waals surface area contributed by atoms with Crippen molar-refractivity contribution in [1.82, 2.24) is 4.90 Å². The Labute approximate surface area is 97.4 Å². The van der Waals surface area contributed by atoms with Crippen LogP contribution in [-0.4, -0.2) is 24.3 Å². The van der Waals surface area contributed by atoms with Gasteiger partial charge in [-0.2, -0.15) is 0 Å². The summed E-state index contributed by atoms with van der Waals surface area (Å²) in [6.45, 7) is 5.45. The van der Waals surface area contributed by atoms with Gasteiger partial charge in [0.1, 0.15) is 17.3 Å². The largest absolute Gasteiger partial charge is 0.465 e. The van der Waals surface area contributed by atoms with Crippen molar-refractivity contribution in [2.75, 3.05) is 13.6 Å². The molecule has 1 aromatic rings. The lowest BCUT2D eigenvalue weighted by Gasteiger charge is -2.14. The number of hydrogen-bond donors (Lipinski definition) is 0. The first-order valence-electron chi connectivity index (χ1n) is 5.81. The Morgan fingerprint density at radius 3 is 2.69 bits per heavy atom. The molecule has 3 nitrogen and oxygen atoms in total. The van der Waals surface area contributed by atoms with Crippen LogP contribution in [0, 0.1) is 6.92 Å². The Bertz CT molecular complexity index is 330. The summed E-state index contributed by atoms with van der Waals surface area (Å²) < 4.78 is 5.50. The summed E-state index contributed by atoms with van der Waals surface area (Å²) in [5.74, 6) is 2.25. The van der Waals surface area contributed by atoms with Gasteiger partial charge in [-0.3, -0.25) is 4.90 Å². The first-order valence-corrected chi connectivity index (χ1v) is 5.81. The molecule has 0 saturated carbocycles. The summed E-state index contributed by atoms with van der Waals surface area (Å²) in [4.78, 5) is 13.0. The van der Waals surface area contributed by atoms with Gasteiger partial charge in [0.05, 0.1) is 6.54 Å². The first-order chi connectivity index (χ1) is 7.58. The predicted octanol–water partition coefficient (Wildman–Crippen LogP) is 2.78. The number of unbranched alkanes of at least 4 members (excludes halogenated alkanes) is 1. The van der Waals surface area contributed by atoms with Gasteiger partial charge in [0.2, 0.25) is 0 Å². The van der Waals surface area contributed by atoms with Crippen molar-refractivity contribution in [2.45, 2.75) is 39.7 Å². The monoisotopic (exact) mass is 223 g/mol. The molecule has 0 saturated heterocycles. The molecule has 0 atom stereocenters. The average Bonchev–Trinajstić information content (AvgIpc) is 2.58. The number of aryl methyl sites for hydroxylation is 1. The van der Waals surface area contributed by atoms with E-state index >= 15 is 0 Å². The lowest BCUT2D eigenvalue weighted by Crippen LogP contribution is -2.18. The van der Waals surface area contributed by atoms with Crippen LogP contribution in [0.4, 0.5) is 0 Å². The van der Waals surface area contributed by atoms with Crippen LogP contribution in [0.5, 0.6) is 0 Å². The molecule has 3 heteroatoms. The zero-order valence-electron chi connectivity index (χ0n) is 10.5. The van der Waals surface area contributed by atoms with Crippen molar-refractivity contribution in [3.63, 3.8) is 0 Å². The third-order valence-electron chi connectivity index (χ3n) is 2.54. The molecule has 0 aliphatic heterocycles. The van der Waals surface area contributed by atoms with Gasteiger partial charge in [0.15, 0.2) is 0 Å². The zero-order chi connectivity index (χ0) is 12.0. The molecular formula is C13H21NO2. The normalized spacial score (nSPS) is 11.0. The summed E-state index contributed by atoms with van der Waals surface area (Å²) in [5, 5.41) is 0. The number of carbonyl (C=O) groups is 1. The maximum Gasteiger partial charge on any atom is 0.129 e. The van der Waals surface area contributed by atoms with E-state index in [0.717, 1.165) is 37.5 Å². The van der Waals surface area contributed by atoms with Crippen molar-refractivity contribution < 1.29 is 9.21 Å². The van der Waals surface area contributed by atoms with Gasteiger partial charge in [-0.1, -0.05) is 0 Å². The van der Waals surface area contributed by atoms with Crippen LogP contribution in [0.2, 0.25) is 0 Å². The molecule has 0 aromatic carbocycles. The van der Waals surface area contributed by atoms with E-state index in [9.17, 15) is 4.79 Å². The Kier molecular flexibility index (Phi) is 5.26. The lowest BCUT2D eigenvalue weighted by molar-refractivity contribution is -0.117. The number of ketones is 1. The van der Waals surface area contributed by atoms with Crippen LogP contribution in [0.1, 0.15) is 37.7 Å². The molecule has 0 spiro atoms. The highest BCUT2D eigenvalue weighted by Gasteiger charge is 2.03. The van der Waals surface area contributed by atoms with Crippen molar-refractivity contribution in [3.05, 3.63) is 23.7 Å². The van der Waals surface area contributed by atoms with Gasteiger partial charge in [-0.15, -0.1) is 0 Å². The summed E-state index contributed by atoms with van der Waals surface area (Å²) in [7, 11) is 2.08. The molecule has 1 heterocycles. The molecule has 0 aliphatic carbocycles. The van der Waals surface area contributed by atoms with E-state index in [-0.39, 0.29) is 5.78 Å². The first kappa shape index (κ1) is 13.0. The molecule has 0 bridgehead atoms. The van der Waals surface area contributed by atoms with Crippen LogP contribution in [0.3, 0.4) is 0 Å². The van der Waals surface area contributed by atoms with Gasteiger partial charge in [0, 0.05) is 6.42 Å². The third kappa shape index (κ3) is 5.12. The van der Waals surface area contributed by atoms with E-state index in [1.54, 1.807) is 6.92 Å². The number of rotatable bonds is 7. The quantitative estimate of drug-likeness (QED) is 0.666. The van der Waals surface area contributed by atoms with Crippen molar-refractivity contribution in [2.24, 2.45) is 0 Å². The predicted molar refractivity (Wildman–Crippen MR) is 64.3 cm³/mol. The minimum atomic E-state index is 0.282. The number of Topliss-reactive ketones (excluding diaryl/α,β-unsaturated/α-hetero) is 1. The van der Waals surface area contributed by atoms with Gasteiger partial charge in [-0.25, -0.2) is 0 Å². The Hall–Kier alpha value is -1.09. The van der Waals surface area contributed by atoms with E-state index in [0.29, 0.717) is 6.42 Å². The van der Waals surface area contributed by atoms with E-state index in [1.807, 2.05) is 19.1 Å². The average molecular weight is 223 g/mol. The fourth-order valence-electron chi connectivity index (χ4n) is 1.67. The minimum absolute atomic E-state index is 0.282. The van der Waals surface area contributed by atoms with Crippen molar-refractivity contribution >= 4 is 5.78 Å². The smallest absolute Gasteiger partial charge is 0.129 e. The molecule has 0 aliphatic rings. The summed E-state index contributed by atoms with van der Waals surface area (Å²) in [6, 6.07) is 4.00. The van der Waals surface area contributed by atoms with Crippen LogP contribution >= 0.6 is 0 Å². The van der Waals surface area contributed by atoms with Gasteiger partial charge >= 0.3 is 0 Å². The molecule has 1 aromatic heterocycles. The van der Waals surface area contributed by atoms with E-state index in [4.69, 9.17) is 4.42 Å². The lowest BCUT2D eigenvalue weighted by atomic mass is 10.2. The molecule has 1 rings (SSSR count). The molecule has 0 radical (unpaired) electrons. The molecule has 0 fully saturated rings. The molecule has 0 amide bonds. The minimum Gasteiger partial charge on any atom is -0.465 e. The molecule has 90 valence electrons. The summed E-state index contributed by atoms with van der Waals surface area (Å²) in [6.07, 6.45) is 2.75. The highest BCUT2D eigenvalue weighted by molar-refractivity contribution is 5.75. The fraction of sp³-hybridized carbons (Fsp3) is 0.615. The Balaban J connectivity index is 2.16. The van der Waals surface area contributed by atoms with Crippen LogP contribution in [0.25, 0.3) is 0 Å². The number of nitrogens with zero attached hydrogens (tertiary/aromatic N) is 1. The third-order valence-corrected chi connectivity index (χ3v) is 2.54. The van der Waals surface area contributed by atoms with Gasteiger partial charge in [0.25, 0.3) is 0 Å². The number of furan rings is 1. The zero-order valence-corrected chi connectivity index (χ0v) is 10.5. The second-order valence-electron chi connectivity index (χ2n) is 4.41. The topological polar surface area (TPSA) is 33.5 Å². The second kappa shape index (κ2) is 6.48. The molecular weight excluding hydrogens is 202 g/mol. The van der Waals surface area contributed by atoms with Crippen LogP contribution < -0.4 is 0 Å². The SMILES string of the molecule is CC(=O)CCCCN(C)Cc1ccc(C)o1. The highest BCUT2D eigenvalue weighted by atomic mass is 16.3. The maximum atomic E-state index is 10.8. The molecule has 16 heavy (non-hydrogen) atoms. The highest BCUT2D eigenvalue weighted by Crippen LogP contribution is 2.09. The van der Waals surface area contributed by atoms with Crippen LogP contribution in [-0.2, 0) is 11.3 Å². The second-order valence-corrected chi connectivity index (χ2v) is 4.41. The van der Waals surface area contributed by atoms with E-state index < -0.39 is 0 Å².